The summed E-state index contributed by atoms with van der Waals surface area (Å²) in [6.07, 6.45) is -0.526. The van der Waals surface area contributed by atoms with Crippen LogP contribution >= 0.6 is 0 Å². The van der Waals surface area contributed by atoms with E-state index in [4.69, 9.17) is 4.74 Å². The van der Waals surface area contributed by atoms with Gasteiger partial charge >= 0.3 is 6.09 Å². The lowest BCUT2D eigenvalue weighted by Crippen LogP contribution is -2.23. The van der Waals surface area contributed by atoms with Crippen LogP contribution in [0.5, 0.6) is 5.75 Å². The molecule has 0 radical (unpaired) electrons. The maximum absolute atomic E-state index is 12.3. The van der Waals surface area contributed by atoms with Crippen molar-refractivity contribution in [3.8, 4) is 5.75 Å². The van der Waals surface area contributed by atoms with E-state index >= 15 is 0 Å². The fraction of sp³-hybridized carbons (Fsp3) is 0.158. The molecular weight excluding hydrogens is 334 g/mol. The van der Waals surface area contributed by atoms with Crippen molar-refractivity contribution in [1.29, 1.82) is 0 Å². The normalized spacial score (nSPS) is 10.4. The minimum atomic E-state index is -0.526. The summed E-state index contributed by atoms with van der Waals surface area (Å²) in [5.74, 6) is 0.531. The molecular formula is C19H19N3O4. The van der Waals surface area contributed by atoms with Gasteiger partial charge in [0.25, 0.3) is 5.91 Å². The van der Waals surface area contributed by atoms with Gasteiger partial charge < -0.3 is 19.8 Å². The second-order valence-electron chi connectivity index (χ2n) is 5.63. The molecule has 7 nitrogen and oxygen atoms in total. The fourth-order valence-electron chi connectivity index (χ4n) is 2.51. The lowest BCUT2D eigenvalue weighted by molar-refractivity contribution is 0.0946. The number of benzene rings is 2. The number of fused-ring (bicyclic) bond motifs is 1. The second kappa shape index (κ2) is 7.60. The predicted octanol–water partition coefficient (Wildman–Crippen LogP) is 3.28. The monoisotopic (exact) mass is 353 g/mol. The highest BCUT2D eigenvalue weighted by Gasteiger charge is 2.10. The molecule has 0 bridgehead atoms. The van der Waals surface area contributed by atoms with Crippen molar-refractivity contribution >= 4 is 28.6 Å². The zero-order valence-corrected chi connectivity index (χ0v) is 14.5. The van der Waals surface area contributed by atoms with E-state index in [1.807, 2.05) is 30.3 Å². The van der Waals surface area contributed by atoms with Crippen LogP contribution in [0.3, 0.4) is 0 Å². The quantitative estimate of drug-likeness (QED) is 0.656. The van der Waals surface area contributed by atoms with E-state index in [1.54, 1.807) is 25.3 Å². The van der Waals surface area contributed by atoms with E-state index in [1.165, 1.54) is 7.11 Å². The number of hydrogen-bond donors (Lipinski definition) is 3. The van der Waals surface area contributed by atoms with Crippen molar-refractivity contribution in [3.05, 3.63) is 59.8 Å². The Hall–Kier alpha value is -3.48. The number of methoxy groups -OCH3 is 2. The van der Waals surface area contributed by atoms with E-state index in [-0.39, 0.29) is 5.91 Å². The van der Waals surface area contributed by atoms with Crippen LogP contribution in [0.4, 0.5) is 10.5 Å². The van der Waals surface area contributed by atoms with Gasteiger partial charge in [0, 0.05) is 29.2 Å². The number of aromatic amines is 1. The largest absolute Gasteiger partial charge is 0.497 e. The first-order valence-electron chi connectivity index (χ1n) is 7.98. The molecule has 26 heavy (non-hydrogen) atoms. The number of hydrogen-bond acceptors (Lipinski definition) is 4. The first kappa shape index (κ1) is 17.3. The molecule has 0 spiro atoms. The van der Waals surface area contributed by atoms with Crippen LogP contribution in [0.15, 0.2) is 48.5 Å². The van der Waals surface area contributed by atoms with E-state index < -0.39 is 6.09 Å². The van der Waals surface area contributed by atoms with Gasteiger partial charge in [0.15, 0.2) is 0 Å². The predicted molar refractivity (Wildman–Crippen MR) is 98.5 cm³/mol. The third kappa shape index (κ3) is 3.94. The van der Waals surface area contributed by atoms with E-state index in [0.717, 1.165) is 22.2 Å². The number of amides is 2. The Balaban J connectivity index is 1.62. The molecule has 3 N–H and O–H groups in total. The molecule has 2 amide bonds. The molecule has 134 valence electrons. The number of nitrogens with one attached hydrogen (secondary N) is 3. The maximum Gasteiger partial charge on any atom is 0.411 e. The summed E-state index contributed by atoms with van der Waals surface area (Å²) in [6, 6.07) is 14.5. The van der Waals surface area contributed by atoms with E-state index in [0.29, 0.717) is 17.9 Å². The zero-order chi connectivity index (χ0) is 18.5. The van der Waals surface area contributed by atoms with Gasteiger partial charge in [-0.1, -0.05) is 12.1 Å². The van der Waals surface area contributed by atoms with Crippen molar-refractivity contribution < 1.29 is 19.1 Å². The van der Waals surface area contributed by atoms with E-state index in [9.17, 15) is 9.59 Å². The molecule has 0 aliphatic carbocycles. The number of aromatic nitrogens is 1. The standard InChI is InChI=1S/C19H19N3O4/c1-25-15-8-5-13-9-17(22-16(13)10-15)18(23)20-11-12-3-6-14(7-4-12)21-19(24)26-2/h3-10,22H,11H2,1-2H3,(H,20,23)(H,21,24). The molecule has 0 saturated carbocycles. The fourth-order valence-corrected chi connectivity index (χ4v) is 2.51. The Morgan fingerprint density at radius 3 is 2.50 bits per heavy atom. The first-order valence-corrected chi connectivity index (χ1v) is 7.98. The Morgan fingerprint density at radius 1 is 1.04 bits per heavy atom. The van der Waals surface area contributed by atoms with Crippen molar-refractivity contribution in [2.45, 2.75) is 6.54 Å². The average Bonchev–Trinajstić information content (AvgIpc) is 3.10. The maximum atomic E-state index is 12.3. The van der Waals surface area contributed by atoms with Gasteiger partial charge in [-0.05, 0) is 35.9 Å². The molecule has 3 rings (SSSR count). The molecule has 2 aromatic carbocycles. The van der Waals surface area contributed by atoms with Crippen molar-refractivity contribution in [2.75, 3.05) is 19.5 Å². The van der Waals surface area contributed by atoms with E-state index in [2.05, 4.69) is 20.4 Å². The average molecular weight is 353 g/mol. The highest BCUT2D eigenvalue weighted by molar-refractivity contribution is 5.98. The Morgan fingerprint density at radius 2 is 1.81 bits per heavy atom. The van der Waals surface area contributed by atoms with Gasteiger partial charge in [-0.25, -0.2) is 4.79 Å². The second-order valence-corrected chi connectivity index (χ2v) is 5.63. The third-order valence-electron chi connectivity index (χ3n) is 3.91. The number of rotatable bonds is 5. The summed E-state index contributed by atoms with van der Waals surface area (Å²) >= 11 is 0. The molecule has 0 unspecified atom stereocenters. The SMILES string of the molecule is COC(=O)Nc1ccc(CNC(=O)c2cc3ccc(OC)cc3[nH]2)cc1. The first-order chi connectivity index (χ1) is 12.6. The molecule has 0 aliphatic rings. The van der Waals surface area contributed by atoms with Crippen LogP contribution in [-0.2, 0) is 11.3 Å². The molecule has 3 aromatic rings. The molecule has 0 aliphatic heterocycles. The smallest absolute Gasteiger partial charge is 0.411 e. The van der Waals surface area contributed by atoms with Crippen molar-refractivity contribution in [1.82, 2.24) is 10.3 Å². The lowest BCUT2D eigenvalue weighted by Gasteiger charge is -2.06. The molecule has 0 atom stereocenters. The number of anilines is 1. The summed E-state index contributed by atoms with van der Waals surface area (Å²) in [7, 11) is 2.91. The number of ether oxygens (including phenoxy) is 2. The molecule has 0 saturated heterocycles. The lowest BCUT2D eigenvalue weighted by atomic mass is 10.2. The minimum absolute atomic E-state index is 0.197. The zero-order valence-electron chi connectivity index (χ0n) is 14.5. The van der Waals surface area contributed by atoms with Gasteiger partial charge in [0.1, 0.15) is 11.4 Å². The Kier molecular flexibility index (Phi) is 5.07. The summed E-state index contributed by atoms with van der Waals surface area (Å²) in [5.41, 5.74) is 2.85. The highest BCUT2D eigenvalue weighted by atomic mass is 16.5. The summed E-state index contributed by atoms with van der Waals surface area (Å²) in [4.78, 5) is 26.6. The minimum Gasteiger partial charge on any atom is -0.497 e. The number of H-pyrrole nitrogens is 1. The third-order valence-corrected chi connectivity index (χ3v) is 3.91. The summed E-state index contributed by atoms with van der Waals surface area (Å²) in [5, 5.41) is 6.37. The van der Waals surface area contributed by atoms with Crippen molar-refractivity contribution in [3.63, 3.8) is 0 Å². The van der Waals surface area contributed by atoms with Gasteiger partial charge in [0.2, 0.25) is 0 Å². The van der Waals surface area contributed by atoms with Crippen LogP contribution in [-0.4, -0.2) is 31.2 Å². The molecule has 7 heteroatoms. The Bertz CT molecular complexity index is 932. The van der Waals surface area contributed by atoms with Crippen LogP contribution in [0.1, 0.15) is 16.1 Å². The van der Waals surface area contributed by atoms with Gasteiger partial charge in [-0.15, -0.1) is 0 Å². The van der Waals surface area contributed by atoms with Crippen LogP contribution in [0.2, 0.25) is 0 Å². The molecule has 0 fully saturated rings. The van der Waals surface area contributed by atoms with Gasteiger partial charge in [-0.3, -0.25) is 10.1 Å². The van der Waals surface area contributed by atoms with Crippen LogP contribution < -0.4 is 15.4 Å². The van der Waals surface area contributed by atoms with Crippen molar-refractivity contribution in [2.24, 2.45) is 0 Å². The highest BCUT2D eigenvalue weighted by Crippen LogP contribution is 2.21. The molecule has 1 heterocycles. The summed E-state index contributed by atoms with van der Waals surface area (Å²) in [6.45, 7) is 0.371. The van der Waals surface area contributed by atoms with Crippen LogP contribution in [0, 0.1) is 0 Å². The van der Waals surface area contributed by atoms with Crippen LogP contribution in [0.25, 0.3) is 10.9 Å². The Labute approximate surface area is 150 Å². The number of carbonyl (C=O) groups excluding carboxylic acids is 2. The summed E-state index contributed by atoms with van der Waals surface area (Å²) < 4.78 is 9.72. The topological polar surface area (TPSA) is 92.5 Å². The van der Waals surface area contributed by atoms with Gasteiger partial charge in [0.05, 0.1) is 14.2 Å². The van der Waals surface area contributed by atoms with Gasteiger partial charge in [-0.2, -0.15) is 0 Å². The number of carbonyl (C=O) groups is 2. The molecule has 1 aromatic heterocycles.